The first-order valence-electron chi connectivity index (χ1n) is 5.59. The minimum absolute atomic E-state index is 0.107. The van der Waals surface area contributed by atoms with Crippen molar-refractivity contribution in [1.29, 1.82) is 0 Å². The van der Waals surface area contributed by atoms with Gasteiger partial charge in [0.15, 0.2) is 0 Å². The molecule has 1 aromatic heterocycles. The van der Waals surface area contributed by atoms with Gasteiger partial charge in [-0.05, 0) is 32.4 Å². The molecular formula is C11H15F2NO4S2. The van der Waals surface area contributed by atoms with Crippen LogP contribution in [0.3, 0.4) is 0 Å². The number of rotatable bonds is 6. The number of alkyl halides is 2. The van der Waals surface area contributed by atoms with Crippen LogP contribution in [0.2, 0.25) is 0 Å². The Hall–Kier alpha value is -1.06. The molecular weight excluding hydrogens is 312 g/mol. The molecule has 9 heteroatoms. The van der Waals surface area contributed by atoms with Crippen molar-refractivity contribution in [3.05, 3.63) is 16.5 Å². The van der Waals surface area contributed by atoms with Crippen molar-refractivity contribution in [3.63, 3.8) is 0 Å². The molecule has 0 saturated heterocycles. The third-order valence-electron chi connectivity index (χ3n) is 2.78. The van der Waals surface area contributed by atoms with Gasteiger partial charge < -0.3 is 5.11 Å². The average molecular weight is 327 g/mol. The monoisotopic (exact) mass is 327 g/mol. The highest BCUT2D eigenvalue weighted by Gasteiger charge is 2.41. The number of aryl methyl sites for hydroxylation is 2. The fraction of sp³-hybridized carbons (Fsp3) is 0.545. The highest BCUT2D eigenvalue weighted by Crippen LogP contribution is 2.28. The summed E-state index contributed by atoms with van der Waals surface area (Å²) in [6, 6.07) is 1.37. The van der Waals surface area contributed by atoms with Crippen molar-refractivity contribution >= 4 is 27.3 Å². The summed E-state index contributed by atoms with van der Waals surface area (Å²) in [5, 5.41) is 8.65. The standard InChI is InChI=1S/C11H15F2NO4S2/c1-6-4-9(19-7(6)2)20(17,18)14-11(3,10(12)13)5-8(15)16/h4,10,14H,5H2,1-3H3,(H,15,16). The van der Waals surface area contributed by atoms with Crippen LogP contribution in [0.5, 0.6) is 0 Å². The van der Waals surface area contributed by atoms with E-state index in [1.165, 1.54) is 6.07 Å². The molecule has 0 fully saturated rings. The van der Waals surface area contributed by atoms with Gasteiger partial charge in [-0.25, -0.2) is 17.2 Å². The van der Waals surface area contributed by atoms with E-state index < -0.39 is 34.4 Å². The van der Waals surface area contributed by atoms with Crippen molar-refractivity contribution in [2.24, 2.45) is 0 Å². The Kier molecular flexibility index (Phi) is 4.88. The fourth-order valence-corrected chi connectivity index (χ4v) is 4.40. The maximum absolute atomic E-state index is 13.0. The van der Waals surface area contributed by atoms with Gasteiger partial charge in [0.2, 0.25) is 0 Å². The van der Waals surface area contributed by atoms with Crippen LogP contribution in [0.15, 0.2) is 10.3 Å². The molecule has 1 rings (SSSR count). The Balaban J connectivity index is 3.12. The third-order valence-corrected chi connectivity index (χ3v) is 6.01. The second-order valence-corrected chi connectivity index (χ2v) is 7.86. The molecule has 1 atom stereocenters. The fourth-order valence-electron chi connectivity index (χ4n) is 1.50. The van der Waals surface area contributed by atoms with E-state index in [1.807, 2.05) is 4.72 Å². The molecule has 0 aliphatic rings. The maximum atomic E-state index is 13.0. The molecule has 0 saturated carbocycles. The number of halogens is 2. The van der Waals surface area contributed by atoms with E-state index >= 15 is 0 Å². The average Bonchev–Trinajstić information content (AvgIpc) is 2.57. The number of hydrogen-bond donors (Lipinski definition) is 2. The van der Waals surface area contributed by atoms with E-state index in [0.29, 0.717) is 0 Å². The minimum atomic E-state index is -4.19. The molecule has 0 bridgehead atoms. The summed E-state index contributed by atoms with van der Waals surface area (Å²) in [5.74, 6) is -1.51. The first-order chi connectivity index (χ1) is 8.98. The van der Waals surface area contributed by atoms with Crippen molar-refractivity contribution in [2.45, 2.75) is 43.4 Å². The van der Waals surface area contributed by atoms with E-state index in [4.69, 9.17) is 5.11 Å². The van der Waals surface area contributed by atoms with Crippen LogP contribution < -0.4 is 4.72 Å². The first kappa shape index (κ1) is 17.0. The Morgan fingerprint density at radius 2 is 2.05 bits per heavy atom. The van der Waals surface area contributed by atoms with E-state index in [0.717, 1.165) is 28.7 Å². The van der Waals surface area contributed by atoms with Gasteiger partial charge >= 0.3 is 5.97 Å². The molecule has 5 nitrogen and oxygen atoms in total. The van der Waals surface area contributed by atoms with Crippen molar-refractivity contribution in [3.8, 4) is 0 Å². The van der Waals surface area contributed by atoms with Crippen molar-refractivity contribution < 1.29 is 27.1 Å². The number of nitrogens with one attached hydrogen (secondary N) is 1. The highest BCUT2D eigenvalue weighted by molar-refractivity contribution is 7.91. The lowest BCUT2D eigenvalue weighted by molar-refractivity contribution is -0.140. The van der Waals surface area contributed by atoms with Gasteiger partial charge in [-0.1, -0.05) is 0 Å². The highest BCUT2D eigenvalue weighted by atomic mass is 32.2. The van der Waals surface area contributed by atoms with Gasteiger partial charge in [-0.15, -0.1) is 11.3 Å². The Labute approximate surface area is 119 Å². The number of aliphatic carboxylic acids is 1. The van der Waals surface area contributed by atoms with Gasteiger partial charge in [0.25, 0.3) is 16.4 Å². The largest absolute Gasteiger partial charge is 0.481 e. The quantitative estimate of drug-likeness (QED) is 0.838. The third kappa shape index (κ3) is 3.74. The lowest BCUT2D eigenvalue weighted by Crippen LogP contribution is -2.52. The molecule has 0 amide bonds. The molecule has 1 aromatic rings. The van der Waals surface area contributed by atoms with Gasteiger partial charge in [0.05, 0.1) is 6.42 Å². The van der Waals surface area contributed by atoms with E-state index in [2.05, 4.69) is 0 Å². The molecule has 20 heavy (non-hydrogen) atoms. The molecule has 1 heterocycles. The zero-order chi connectivity index (χ0) is 15.7. The van der Waals surface area contributed by atoms with Crippen LogP contribution in [0.4, 0.5) is 8.78 Å². The number of carboxylic acid groups (broad SMARTS) is 1. The lowest BCUT2D eigenvalue weighted by Gasteiger charge is -2.27. The molecule has 1 unspecified atom stereocenters. The molecule has 0 aliphatic carbocycles. The summed E-state index contributed by atoms with van der Waals surface area (Å²) in [5.41, 5.74) is -1.62. The zero-order valence-corrected chi connectivity index (χ0v) is 12.7. The van der Waals surface area contributed by atoms with Crippen LogP contribution in [-0.2, 0) is 14.8 Å². The van der Waals surface area contributed by atoms with Crippen molar-refractivity contribution in [1.82, 2.24) is 4.72 Å². The lowest BCUT2D eigenvalue weighted by atomic mass is 10.0. The number of hydrogen-bond acceptors (Lipinski definition) is 4. The topological polar surface area (TPSA) is 83.5 Å². The van der Waals surface area contributed by atoms with E-state index in [9.17, 15) is 22.0 Å². The van der Waals surface area contributed by atoms with E-state index in [-0.39, 0.29) is 4.21 Å². The predicted octanol–water partition coefficient (Wildman–Crippen LogP) is 2.14. The summed E-state index contributed by atoms with van der Waals surface area (Å²) in [6.07, 6.45) is -4.15. The van der Waals surface area contributed by atoms with Crippen LogP contribution in [-0.4, -0.2) is 31.5 Å². The van der Waals surface area contributed by atoms with Gasteiger partial charge in [0, 0.05) is 4.88 Å². The van der Waals surface area contributed by atoms with Crippen LogP contribution in [0, 0.1) is 13.8 Å². The summed E-state index contributed by atoms with van der Waals surface area (Å²) < 4.78 is 51.8. The second kappa shape index (κ2) is 5.74. The second-order valence-electron chi connectivity index (χ2n) is 4.70. The number of thiophene rings is 1. The first-order valence-corrected chi connectivity index (χ1v) is 7.89. The van der Waals surface area contributed by atoms with Gasteiger partial charge in [-0.2, -0.15) is 4.72 Å². The van der Waals surface area contributed by atoms with Crippen LogP contribution in [0.1, 0.15) is 23.8 Å². The Morgan fingerprint density at radius 3 is 2.40 bits per heavy atom. The Morgan fingerprint density at radius 1 is 1.50 bits per heavy atom. The maximum Gasteiger partial charge on any atom is 0.305 e. The number of carboxylic acids is 1. The van der Waals surface area contributed by atoms with E-state index in [1.54, 1.807) is 13.8 Å². The summed E-state index contributed by atoms with van der Waals surface area (Å²) in [6.45, 7) is 4.29. The van der Waals surface area contributed by atoms with Crippen molar-refractivity contribution in [2.75, 3.05) is 0 Å². The SMILES string of the molecule is Cc1cc(S(=O)(=O)NC(C)(CC(=O)O)C(F)F)sc1C. The normalized spacial score (nSPS) is 15.3. The number of sulfonamides is 1. The molecule has 0 aliphatic heterocycles. The van der Waals surface area contributed by atoms with Crippen LogP contribution >= 0.6 is 11.3 Å². The minimum Gasteiger partial charge on any atom is -0.481 e. The molecule has 2 N–H and O–H groups in total. The predicted molar refractivity (Wildman–Crippen MR) is 70.8 cm³/mol. The number of carbonyl (C=O) groups is 1. The molecule has 0 spiro atoms. The summed E-state index contributed by atoms with van der Waals surface area (Å²) in [7, 11) is -4.19. The molecule has 0 radical (unpaired) electrons. The zero-order valence-electron chi connectivity index (χ0n) is 11.1. The Bertz CT molecular complexity index is 592. The van der Waals surface area contributed by atoms with Gasteiger partial charge in [-0.3, -0.25) is 4.79 Å². The van der Waals surface area contributed by atoms with Gasteiger partial charge in [0.1, 0.15) is 9.75 Å². The smallest absolute Gasteiger partial charge is 0.305 e. The molecule has 114 valence electrons. The summed E-state index contributed by atoms with van der Waals surface area (Å²) >= 11 is 0.950. The molecule has 0 aromatic carbocycles. The van der Waals surface area contributed by atoms with Crippen LogP contribution in [0.25, 0.3) is 0 Å². The summed E-state index contributed by atoms with van der Waals surface area (Å²) in [4.78, 5) is 11.4.